The minimum absolute atomic E-state index is 0.175. The number of nitrogens with zero attached hydrogens (tertiary/aromatic N) is 1. The molecule has 148 valence electrons. The quantitative estimate of drug-likeness (QED) is 0.534. The Hall–Kier alpha value is -4.26. The second kappa shape index (κ2) is 7.63. The maximum Gasteiger partial charge on any atom is 0.337 e. The number of esters is 1. The molecule has 4 rings (SSSR count). The number of benzene rings is 3. The van der Waals surface area contributed by atoms with E-state index in [0.29, 0.717) is 11.3 Å². The van der Waals surface area contributed by atoms with Gasteiger partial charge < -0.3 is 10.1 Å². The Labute approximate surface area is 171 Å². The first kappa shape index (κ1) is 19.1. The maximum atomic E-state index is 12.9. The summed E-state index contributed by atoms with van der Waals surface area (Å²) in [7, 11) is 1.25. The van der Waals surface area contributed by atoms with E-state index in [2.05, 4.69) is 5.32 Å². The Morgan fingerprint density at radius 3 is 2.23 bits per heavy atom. The molecule has 0 radical (unpaired) electrons. The number of fused-ring (bicyclic) bond motifs is 1. The predicted molar refractivity (Wildman–Crippen MR) is 110 cm³/mol. The monoisotopic (exact) mass is 400 g/mol. The van der Waals surface area contributed by atoms with E-state index in [1.807, 2.05) is 0 Å². The number of hydrogen-bond acceptors (Lipinski definition) is 5. The smallest absolute Gasteiger partial charge is 0.337 e. The van der Waals surface area contributed by atoms with E-state index in [1.54, 1.807) is 48.5 Å². The zero-order chi connectivity index (χ0) is 21.3. The van der Waals surface area contributed by atoms with Gasteiger partial charge in [-0.1, -0.05) is 24.3 Å². The molecule has 7 heteroatoms. The molecule has 0 atom stereocenters. The molecule has 1 aliphatic heterocycles. The summed E-state index contributed by atoms with van der Waals surface area (Å²) < 4.78 is 4.69. The van der Waals surface area contributed by atoms with Crippen LogP contribution in [0.5, 0.6) is 0 Å². The highest BCUT2D eigenvalue weighted by molar-refractivity contribution is 6.34. The van der Waals surface area contributed by atoms with Crippen molar-refractivity contribution in [2.24, 2.45) is 0 Å². The van der Waals surface area contributed by atoms with Gasteiger partial charge in [0.2, 0.25) is 0 Å². The number of carbonyl (C=O) groups is 4. The third kappa shape index (κ3) is 3.33. The second-order valence-electron chi connectivity index (χ2n) is 6.57. The van der Waals surface area contributed by atoms with E-state index in [0.717, 1.165) is 4.90 Å². The van der Waals surface area contributed by atoms with Crippen molar-refractivity contribution in [2.45, 2.75) is 0 Å². The first-order chi connectivity index (χ1) is 14.5. The summed E-state index contributed by atoms with van der Waals surface area (Å²) in [5.74, 6) is -1.93. The van der Waals surface area contributed by atoms with Crippen LogP contribution in [0.25, 0.3) is 0 Å². The van der Waals surface area contributed by atoms with Crippen LogP contribution in [0.15, 0.2) is 72.8 Å². The fourth-order valence-corrected chi connectivity index (χ4v) is 3.24. The second-order valence-corrected chi connectivity index (χ2v) is 6.57. The SMILES string of the molecule is COC(=O)c1cccc(N2C(=O)c3ccc(NC(=O)c4ccccc4)cc3C2=O)c1. The summed E-state index contributed by atoms with van der Waals surface area (Å²) in [6.07, 6.45) is 0. The maximum absolute atomic E-state index is 12.9. The summed E-state index contributed by atoms with van der Waals surface area (Å²) in [4.78, 5) is 50.9. The van der Waals surface area contributed by atoms with Crippen LogP contribution in [0.1, 0.15) is 41.4 Å². The number of carbonyl (C=O) groups excluding carboxylic acids is 4. The fraction of sp³-hybridized carbons (Fsp3) is 0.0435. The number of ether oxygens (including phenoxy) is 1. The van der Waals surface area contributed by atoms with Gasteiger partial charge in [-0.3, -0.25) is 14.4 Å². The zero-order valence-electron chi connectivity index (χ0n) is 15.9. The van der Waals surface area contributed by atoms with Gasteiger partial charge in [-0.05, 0) is 48.5 Å². The first-order valence-electron chi connectivity index (χ1n) is 9.07. The molecule has 30 heavy (non-hydrogen) atoms. The molecular formula is C23H16N2O5. The minimum Gasteiger partial charge on any atom is -0.465 e. The number of nitrogens with one attached hydrogen (secondary N) is 1. The molecule has 0 aliphatic carbocycles. The normalized spacial score (nSPS) is 12.5. The molecule has 3 aromatic carbocycles. The molecule has 3 amide bonds. The molecule has 0 saturated heterocycles. The predicted octanol–water partition coefficient (Wildman–Crippen LogP) is 3.53. The lowest BCUT2D eigenvalue weighted by atomic mass is 10.1. The van der Waals surface area contributed by atoms with Crippen LogP contribution >= 0.6 is 0 Å². The third-order valence-electron chi connectivity index (χ3n) is 4.71. The Bertz CT molecular complexity index is 1190. The van der Waals surface area contributed by atoms with E-state index in [-0.39, 0.29) is 28.3 Å². The highest BCUT2D eigenvalue weighted by Crippen LogP contribution is 2.31. The van der Waals surface area contributed by atoms with Crippen LogP contribution in [-0.2, 0) is 4.74 Å². The lowest BCUT2D eigenvalue weighted by molar-refractivity contribution is 0.0600. The van der Waals surface area contributed by atoms with E-state index < -0.39 is 17.8 Å². The van der Waals surface area contributed by atoms with Gasteiger partial charge in [0.05, 0.1) is 29.5 Å². The molecule has 0 fully saturated rings. The molecule has 1 N–H and O–H groups in total. The molecular weight excluding hydrogens is 384 g/mol. The highest BCUT2D eigenvalue weighted by atomic mass is 16.5. The van der Waals surface area contributed by atoms with Gasteiger partial charge in [-0.15, -0.1) is 0 Å². The van der Waals surface area contributed by atoms with Gasteiger partial charge in [0, 0.05) is 11.3 Å². The van der Waals surface area contributed by atoms with Crippen LogP contribution in [0.3, 0.4) is 0 Å². The Kier molecular flexibility index (Phi) is 4.85. The van der Waals surface area contributed by atoms with Crippen molar-refractivity contribution in [1.82, 2.24) is 0 Å². The van der Waals surface area contributed by atoms with E-state index in [1.165, 1.54) is 31.4 Å². The molecule has 0 spiro atoms. The molecule has 1 aliphatic rings. The topological polar surface area (TPSA) is 92.8 Å². The van der Waals surface area contributed by atoms with Crippen LogP contribution < -0.4 is 10.2 Å². The summed E-state index contributed by atoms with van der Waals surface area (Å²) in [6, 6.07) is 19.3. The van der Waals surface area contributed by atoms with Crippen molar-refractivity contribution in [3.63, 3.8) is 0 Å². The highest BCUT2D eigenvalue weighted by Gasteiger charge is 2.37. The lowest BCUT2D eigenvalue weighted by Crippen LogP contribution is -2.29. The summed E-state index contributed by atoms with van der Waals surface area (Å²) in [5, 5.41) is 2.73. The van der Waals surface area contributed by atoms with Crippen molar-refractivity contribution in [2.75, 3.05) is 17.3 Å². The summed E-state index contributed by atoms with van der Waals surface area (Å²) in [6.45, 7) is 0. The standard InChI is InChI=1S/C23H16N2O5/c1-30-23(29)15-8-5-9-17(12-15)25-21(27)18-11-10-16(13-19(18)22(25)28)24-20(26)14-6-3-2-4-7-14/h2-13H,1H3,(H,24,26). The van der Waals surface area contributed by atoms with Gasteiger partial charge in [-0.25, -0.2) is 9.69 Å². The number of anilines is 2. The van der Waals surface area contributed by atoms with Crippen LogP contribution in [-0.4, -0.2) is 30.8 Å². The molecule has 7 nitrogen and oxygen atoms in total. The van der Waals surface area contributed by atoms with Crippen LogP contribution in [0.4, 0.5) is 11.4 Å². The Balaban J connectivity index is 1.63. The van der Waals surface area contributed by atoms with Gasteiger partial charge in [0.15, 0.2) is 0 Å². The molecule has 0 saturated carbocycles. The van der Waals surface area contributed by atoms with Gasteiger partial charge in [0.1, 0.15) is 0 Å². The number of hydrogen-bond donors (Lipinski definition) is 1. The summed E-state index contributed by atoms with van der Waals surface area (Å²) in [5.41, 5.74) is 1.76. The number of imide groups is 1. The van der Waals surface area contributed by atoms with Crippen molar-refractivity contribution in [1.29, 1.82) is 0 Å². The van der Waals surface area contributed by atoms with E-state index >= 15 is 0 Å². The molecule has 0 unspecified atom stereocenters. The van der Waals surface area contributed by atoms with E-state index in [9.17, 15) is 19.2 Å². The zero-order valence-corrected chi connectivity index (χ0v) is 15.9. The first-order valence-corrected chi connectivity index (χ1v) is 9.07. The van der Waals surface area contributed by atoms with Crippen molar-refractivity contribution in [3.8, 4) is 0 Å². The Morgan fingerprint density at radius 1 is 0.800 bits per heavy atom. The average molecular weight is 400 g/mol. The molecule has 3 aromatic rings. The minimum atomic E-state index is -0.570. The molecule has 0 aromatic heterocycles. The van der Waals surface area contributed by atoms with E-state index in [4.69, 9.17) is 4.74 Å². The molecule has 0 bridgehead atoms. The van der Waals surface area contributed by atoms with Crippen molar-refractivity contribution >= 4 is 35.1 Å². The third-order valence-corrected chi connectivity index (χ3v) is 4.71. The van der Waals surface area contributed by atoms with Crippen LogP contribution in [0, 0.1) is 0 Å². The number of rotatable bonds is 4. The number of methoxy groups -OCH3 is 1. The average Bonchev–Trinajstić information content (AvgIpc) is 3.03. The van der Waals surface area contributed by atoms with Gasteiger partial charge in [0.25, 0.3) is 17.7 Å². The van der Waals surface area contributed by atoms with Gasteiger partial charge in [-0.2, -0.15) is 0 Å². The number of amides is 3. The fourth-order valence-electron chi connectivity index (χ4n) is 3.24. The largest absolute Gasteiger partial charge is 0.465 e. The van der Waals surface area contributed by atoms with Crippen LogP contribution in [0.2, 0.25) is 0 Å². The molecule has 1 heterocycles. The summed E-state index contributed by atoms with van der Waals surface area (Å²) >= 11 is 0. The lowest BCUT2D eigenvalue weighted by Gasteiger charge is -2.14. The van der Waals surface area contributed by atoms with Gasteiger partial charge >= 0.3 is 5.97 Å². The van der Waals surface area contributed by atoms with Crippen molar-refractivity contribution in [3.05, 3.63) is 95.1 Å². The van der Waals surface area contributed by atoms with Crippen molar-refractivity contribution < 1.29 is 23.9 Å². The Morgan fingerprint density at radius 2 is 1.50 bits per heavy atom.